The standard InChI is InChI=1S/C23H24F3N3O2/c24-23(25,26)17-11-13-18(14-12-17)27-21(30)28-15-20(16-7-3-1-4-8-16)29(22(28)31)19-9-5-2-6-10-19/h1-10,17-18,20H,11-15H2,(H,27,30). The van der Waals surface area contributed by atoms with Crippen molar-refractivity contribution in [2.24, 2.45) is 5.92 Å². The van der Waals surface area contributed by atoms with Gasteiger partial charge in [-0.1, -0.05) is 48.5 Å². The number of nitrogens with one attached hydrogen (secondary N) is 1. The SMILES string of the molecule is O=C(NC1CCC(C(F)(F)F)CC1)N1CC(c2ccccc2)N(c2ccccc2)C1=O. The predicted molar refractivity (Wildman–Crippen MR) is 111 cm³/mol. The van der Waals surface area contributed by atoms with Gasteiger partial charge in [-0.15, -0.1) is 0 Å². The third-order valence-electron chi connectivity index (χ3n) is 6.09. The molecule has 1 saturated heterocycles. The number of carbonyl (C=O) groups is 2. The molecule has 0 aromatic heterocycles. The molecule has 8 heteroatoms. The van der Waals surface area contributed by atoms with Crippen molar-refractivity contribution < 1.29 is 22.8 Å². The van der Waals surface area contributed by atoms with Crippen molar-refractivity contribution in [1.29, 1.82) is 0 Å². The van der Waals surface area contributed by atoms with Gasteiger partial charge in [0.2, 0.25) is 0 Å². The topological polar surface area (TPSA) is 52.7 Å². The van der Waals surface area contributed by atoms with E-state index in [1.165, 1.54) is 0 Å². The Bertz CT molecular complexity index is 913. The van der Waals surface area contributed by atoms with Crippen molar-refractivity contribution in [2.75, 3.05) is 11.4 Å². The highest BCUT2D eigenvalue weighted by Gasteiger charge is 2.44. The second-order valence-electron chi connectivity index (χ2n) is 8.06. The maximum atomic E-state index is 13.2. The summed E-state index contributed by atoms with van der Waals surface area (Å²) in [5, 5.41) is 2.78. The Morgan fingerprint density at radius 1 is 0.903 bits per heavy atom. The highest BCUT2D eigenvalue weighted by atomic mass is 19.4. The average Bonchev–Trinajstić information content (AvgIpc) is 3.12. The van der Waals surface area contributed by atoms with Gasteiger partial charge in [0.15, 0.2) is 0 Å². The maximum absolute atomic E-state index is 13.2. The Kier molecular flexibility index (Phi) is 5.89. The number of hydrogen-bond donors (Lipinski definition) is 1. The van der Waals surface area contributed by atoms with Crippen molar-refractivity contribution >= 4 is 17.7 Å². The van der Waals surface area contributed by atoms with E-state index in [-0.39, 0.29) is 44.3 Å². The molecule has 1 heterocycles. The van der Waals surface area contributed by atoms with Crippen molar-refractivity contribution in [3.05, 3.63) is 66.2 Å². The largest absolute Gasteiger partial charge is 0.391 e. The van der Waals surface area contributed by atoms with Crippen LogP contribution in [0.15, 0.2) is 60.7 Å². The first-order valence-corrected chi connectivity index (χ1v) is 10.4. The summed E-state index contributed by atoms with van der Waals surface area (Å²) < 4.78 is 38.7. The van der Waals surface area contributed by atoms with Gasteiger partial charge in [0, 0.05) is 11.7 Å². The van der Waals surface area contributed by atoms with Crippen LogP contribution in [0, 0.1) is 5.92 Å². The number of carbonyl (C=O) groups excluding carboxylic acids is 2. The Balaban J connectivity index is 1.49. The van der Waals surface area contributed by atoms with Crippen LogP contribution in [0.5, 0.6) is 0 Å². The molecule has 31 heavy (non-hydrogen) atoms. The molecule has 5 nitrogen and oxygen atoms in total. The van der Waals surface area contributed by atoms with Crippen LogP contribution >= 0.6 is 0 Å². The van der Waals surface area contributed by atoms with Crippen LogP contribution in [0.4, 0.5) is 28.4 Å². The molecule has 1 saturated carbocycles. The summed E-state index contributed by atoms with van der Waals surface area (Å²) in [5.41, 5.74) is 1.59. The highest BCUT2D eigenvalue weighted by molar-refractivity contribution is 6.05. The Hall–Kier alpha value is -3.03. The monoisotopic (exact) mass is 431 g/mol. The number of imide groups is 1. The Morgan fingerprint density at radius 2 is 1.48 bits per heavy atom. The van der Waals surface area contributed by atoms with Gasteiger partial charge >= 0.3 is 18.2 Å². The average molecular weight is 431 g/mol. The third kappa shape index (κ3) is 4.52. The fourth-order valence-corrected chi connectivity index (χ4v) is 4.39. The summed E-state index contributed by atoms with van der Waals surface area (Å²) in [7, 11) is 0. The van der Waals surface area contributed by atoms with E-state index in [2.05, 4.69) is 5.32 Å². The lowest BCUT2D eigenvalue weighted by Crippen LogP contribution is -2.48. The van der Waals surface area contributed by atoms with Crippen LogP contribution in [-0.2, 0) is 0 Å². The normalized spacial score (nSPS) is 24.4. The van der Waals surface area contributed by atoms with Gasteiger partial charge in [-0.25, -0.2) is 14.5 Å². The molecule has 2 fully saturated rings. The van der Waals surface area contributed by atoms with E-state index in [0.29, 0.717) is 5.69 Å². The van der Waals surface area contributed by atoms with Gasteiger partial charge in [-0.2, -0.15) is 13.2 Å². The molecule has 1 unspecified atom stereocenters. The zero-order chi connectivity index (χ0) is 22.0. The van der Waals surface area contributed by atoms with Crippen LogP contribution in [-0.4, -0.2) is 35.7 Å². The minimum atomic E-state index is -4.20. The van der Waals surface area contributed by atoms with Crippen molar-refractivity contribution in [2.45, 2.75) is 43.9 Å². The van der Waals surface area contributed by atoms with Gasteiger partial charge < -0.3 is 5.32 Å². The van der Waals surface area contributed by atoms with Crippen LogP contribution in [0.2, 0.25) is 0 Å². The summed E-state index contributed by atoms with van der Waals surface area (Å²) in [6.45, 7) is 0.168. The molecule has 4 rings (SSSR count). The number of alkyl halides is 3. The first-order chi connectivity index (χ1) is 14.8. The fraction of sp³-hybridized carbons (Fsp3) is 0.391. The quantitative estimate of drug-likeness (QED) is 0.698. The van der Waals surface area contributed by atoms with Gasteiger partial charge in [-0.3, -0.25) is 4.90 Å². The molecule has 1 atom stereocenters. The molecule has 164 valence electrons. The number of benzene rings is 2. The molecule has 1 N–H and O–H groups in total. The van der Waals surface area contributed by atoms with Crippen LogP contribution < -0.4 is 10.2 Å². The number of anilines is 1. The number of halogens is 3. The van der Waals surface area contributed by atoms with E-state index >= 15 is 0 Å². The minimum Gasteiger partial charge on any atom is -0.335 e. The Morgan fingerprint density at radius 3 is 2.06 bits per heavy atom. The second-order valence-corrected chi connectivity index (χ2v) is 8.06. The van der Waals surface area contributed by atoms with E-state index in [4.69, 9.17) is 0 Å². The fourth-order valence-electron chi connectivity index (χ4n) is 4.39. The van der Waals surface area contributed by atoms with Crippen molar-refractivity contribution in [3.63, 3.8) is 0 Å². The smallest absolute Gasteiger partial charge is 0.335 e. The molecule has 2 aromatic carbocycles. The van der Waals surface area contributed by atoms with E-state index in [9.17, 15) is 22.8 Å². The number of nitrogens with zero attached hydrogens (tertiary/aromatic N) is 2. The zero-order valence-electron chi connectivity index (χ0n) is 16.9. The number of urea groups is 2. The van der Waals surface area contributed by atoms with Gasteiger partial charge in [0.25, 0.3) is 0 Å². The molecular weight excluding hydrogens is 407 g/mol. The zero-order valence-corrected chi connectivity index (χ0v) is 16.9. The summed E-state index contributed by atoms with van der Waals surface area (Å²) in [4.78, 5) is 28.8. The predicted octanol–water partition coefficient (Wildman–Crippen LogP) is 5.50. The molecule has 1 aliphatic heterocycles. The lowest BCUT2D eigenvalue weighted by atomic mass is 9.85. The van der Waals surface area contributed by atoms with Gasteiger partial charge in [-0.05, 0) is 43.4 Å². The number of amides is 4. The van der Waals surface area contributed by atoms with E-state index < -0.39 is 24.2 Å². The molecule has 2 aromatic rings. The molecule has 4 amide bonds. The molecule has 0 radical (unpaired) electrons. The maximum Gasteiger partial charge on any atom is 0.391 e. The lowest BCUT2D eigenvalue weighted by Gasteiger charge is -2.31. The highest BCUT2D eigenvalue weighted by Crippen LogP contribution is 2.38. The van der Waals surface area contributed by atoms with E-state index in [1.807, 2.05) is 60.7 Å². The van der Waals surface area contributed by atoms with Gasteiger partial charge in [0.1, 0.15) is 0 Å². The van der Waals surface area contributed by atoms with Crippen LogP contribution in [0.3, 0.4) is 0 Å². The second kappa shape index (κ2) is 8.61. The molecule has 0 bridgehead atoms. The molecule has 2 aliphatic rings. The van der Waals surface area contributed by atoms with Crippen LogP contribution in [0.25, 0.3) is 0 Å². The number of hydrogen-bond acceptors (Lipinski definition) is 2. The minimum absolute atomic E-state index is 0.00876. The summed E-state index contributed by atoms with van der Waals surface area (Å²) in [6.07, 6.45) is -3.71. The number of rotatable bonds is 3. The molecular formula is C23H24F3N3O2. The molecule has 1 aliphatic carbocycles. The summed E-state index contributed by atoms with van der Waals surface area (Å²) in [6, 6.07) is 16.9. The molecule has 0 spiro atoms. The van der Waals surface area contributed by atoms with E-state index in [1.54, 1.807) is 4.90 Å². The van der Waals surface area contributed by atoms with Crippen molar-refractivity contribution in [1.82, 2.24) is 10.2 Å². The Labute approximate surface area is 178 Å². The summed E-state index contributed by atoms with van der Waals surface area (Å²) in [5.74, 6) is -1.31. The lowest BCUT2D eigenvalue weighted by molar-refractivity contribution is -0.182. The summed E-state index contributed by atoms with van der Waals surface area (Å²) >= 11 is 0. The van der Waals surface area contributed by atoms with Gasteiger partial charge in [0.05, 0.1) is 18.5 Å². The first-order valence-electron chi connectivity index (χ1n) is 10.4. The van der Waals surface area contributed by atoms with Crippen molar-refractivity contribution in [3.8, 4) is 0 Å². The first kappa shape index (κ1) is 21.2. The third-order valence-corrected chi connectivity index (χ3v) is 6.09. The van der Waals surface area contributed by atoms with E-state index in [0.717, 1.165) is 10.5 Å². The number of para-hydroxylation sites is 1. The van der Waals surface area contributed by atoms with Crippen LogP contribution in [0.1, 0.15) is 37.3 Å².